The van der Waals surface area contributed by atoms with Gasteiger partial charge in [0.15, 0.2) is 5.78 Å². The Hall–Kier alpha value is -2.44. The first-order valence-corrected chi connectivity index (χ1v) is 11.5. The van der Waals surface area contributed by atoms with Gasteiger partial charge in [0, 0.05) is 17.3 Å². The number of nitrogens with zero attached hydrogens (tertiary/aromatic N) is 2. The van der Waals surface area contributed by atoms with Crippen molar-refractivity contribution in [3.05, 3.63) is 57.3 Å². The Balaban J connectivity index is 1.63. The quantitative estimate of drug-likeness (QED) is 0.514. The third-order valence-corrected chi connectivity index (χ3v) is 7.45. The van der Waals surface area contributed by atoms with Crippen LogP contribution in [0.25, 0.3) is 6.08 Å². The molecule has 0 N–H and O–H groups in total. The molecule has 0 unspecified atom stereocenters. The number of hydrogen-bond acceptors (Lipinski definition) is 5. The molecule has 0 saturated carbocycles. The standard InChI is InChI=1S/C23H21ClN2O3S/c1-2-3-10-25-22(28)18-16-8-6-13-12-14(24)7-9-15(13)26(16)20(19(18)23(25)29)21(27)17-5-4-11-30-17/h4-9,11-12,16,18-20H,2-3,10H2,1H3/t16-,18-,19+,20-/m1/s1. The van der Waals surface area contributed by atoms with Crippen molar-refractivity contribution >= 4 is 52.3 Å². The second-order valence-electron chi connectivity index (χ2n) is 7.98. The van der Waals surface area contributed by atoms with Crippen molar-refractivity contribution in [2.75, 3.05) is 11.4 Å². The number of thiophene rings is 1. The molecule has 4 atom stereocenters. The van der Waals surface area contributed by atoms with E-state index in [2.05, 4.69) is 0 Å². The molecular formula is C23H21ClN2O3S. The van der Waals surface area contributed by atoms with Crippen LogP contribution in [0.5, 0.6) is 0 Å². The van der Waals surface area contributed by atoms with E-state index in [1.807, 2.05) is 47.6 Å². The lowest BCUT2D eigenvalue weighted by Gasteiger charge is -2.36. The Kier molecular flexibility index (Phi) is 4.79. The number of anilines is 1. The van der Waals surface area contributed by atoms with Gasteiger partial charge in [-0.2, -0.15) is 0 Å². The largest absolute Gasteiger partial charge is 0.352 e. The summed E-state index contributed by atoms with van der Waals surface area (Å²) < 4.78 is 0. The lowest BCUT2D eigenvalue weighted by Crippen LogP contribution is -2.48. The maximum absolute atomic E-state index is 13.6. The van der Waals surface area contributed by atoms with Crippen LogP contribution in [-0.4, -0.2) is 41.1 Å². The number of halogens is 1. The van der Waals surface area contributed by atoms with E-state index in [9.17, 15) is 14.4 Å². The van der Waals surface area contributed by atoms with E-state index in [-0.39, 0.29) is 23.6 Å². The van der Waals surface area contributed by atoms with Crippen LogP contribution < -0.4 is 4.90 Å². The number of amides is 2. The van der Waals surface area contributed by atoms with Gasteiger partial charge in [-0.3, -0.25) is 19.3 Å². The smallest absolute Gasteiger partial charge is 0.235 e. The van der Waals surface area contributed by atoms with Crippen molar-refractivity contribution in [2.45, 2.75) is 31.8 Å². The van der Waals surface area contributed by atoms with E-state index >= 15 is 0 Å². The summed E-state index contributed by atoms with van der Waals surface area (Å²) in [7, 11) is 0. The third-order valence-electron chi connectivity index (χ3n) is 6.33. The second-order valence-corrected chi connectivity index (χ2v) is 9.36. The number of fused-ring (bicyclic) bond motifs is 5. The summed E-state index contributed by atoms with van der Waals surface area (Å²) in [6, 6.07) is 8.12. The number of hydrogen-bond donors (Lipinski definition) is 0. The van der Waals surface area contributed by atoms with Crippen molar-refractivity contribution in [3.63, 3.8) is 0 Å². The summed E-state index contributed by atoms with van der Waals surface area (Å²) in [5.74, 6) is -1.68. The summed E-state index contributed by atoms with van der Waals surface area (Å²) in [5, 5.41) is 2.46. The molecule has 3 aliphatic heterocycles. The topological polar surface area (TPSA) is 57.7 Å². The Morgan fingerprint density at radius 2 is 1.97 bits per heavy atom. The molecule has 30 heavy (non-hydrogen) atoms. The maximum atomic E-state index is 13.6. The van der Waals surface area contributed by atoms with Gasteiger partial charge in [-0.15, -0.1) is 11.3 Å². The van der Waals surface area contributed by atoms with Crippen molar-refractivity contribution < 1.29 is 14.4 Å². The molecule has 1 aromatic heterocycles. The molecule has 1 aromatic carbocycles. The fourth-order valence-electron chi connectivity index (χ4n) is 5.01. The molecule has 4 heterocycles. The highest BCUT2D eigenvalue weighted by molar-refractivity contribution is 7.12. The average molecular weight is 441 g/mol. The average Bonchev–Trinajstić information content (AvgIpc) is 3.43. The van der Waals surface area contributed by atoms with Crippen molar-refractivity contribution in [3.8, 4) is 0 Å². The van der Waals surface area contributed by atoms with Crippen LogP contribution >= 0.6 is 22.9 Å². The fraction of sp³-hybridized carbons (Fsp3) is 0.348. The zero-order chi connectivity index (χ0) is 21.0. The number of benzene rings is 1. The van der Waals surface area contributed by atoms with Gasteiger partial charge in [0.05, 0.1) is 22.8 Å². The van der Waals surface area contributed by atoms with Gasteiger partial charge in [0.1, 0.15) is 6.04 Å². The summed E-state index contributed by atoms with van der Waals surface area (Å²) in [6.45, 7) is 2.45. The molecule has 2 fully saturated rings. The predicted molar refractivity (Wildman–Crippen MR) is 118 cm³/mol. The molecule has 3 aliphatic rings. The highest BCUT2D eigenvalue weighted by atomic mass is 35.5. The zero-order valence-corrected chi connectivity index (χ0v) is 18.0. The lowest BCUT2D eigenvalue weighted by atomic mass is 9.87. The summed E-state index contributed by atoms with van der Waals surface area (Å²) in [6.07, 6.45) is 5.57. The van der Waals surface area contributed by atoms with E-state index in [4.69, 9.17) is 11.6 Å². The molecule has 154 valence electrons. The molecule has 0 aliphatic carbocycles. The van der Waals surface area contributed by atoms with E-state index < -0.39 is 17.9 Å². The van der Waals surface area contributed by atoms with Crippen LogP contribution in [0.15, 0.2) is 41.8 Å². The van der Waals surface area contributed by atoms with Crippen LogP contribution in [0.3, 0.4) is 0 Å². The van der Waals surface area contributed by atoms with E-state index in [0.29, 0.717) is 16.4 Å². The van der Waals surface area contributed by atoms with Crippen molar-refractivity contribution in [2.24, 2.45) is 11.8 Å². The number of rotatable bonds is 5. The van der Waals surface area contributed by atoms with Gasteiger partial charge in [-0.25, -0.2) is 0 Å². The number of carbonyl (C=O) groups excluding carboxylic acids is 3. The van der Waals surface area contributed by atoms with Crippen LogP contribution in [0.2, 0.25) is 5.02 Å². The van der Waals surface area contributed by atoms with Gasteiger partial charge in [0.25, 0.3) is 0 Å². The van der Waals surface area contributed by atoms with Crippen molar-refractivity contribution in [1.29, 1.82) is 0 Å². The Morgan fingerprint density at radius 1 is 1.17 bits per heavy atom. The summed E-state index contributed by atoms with van der Waals surface area (Å²) >= 11 is 7.54. The molecule has 5 nitrogen and oxygen atoms in total. The minimum Gasteiger partial charge on any atom is -0.352 e. The maximum Gasteiger partial charge on any atom is 0.235 e. The number of carbonyl (C=O) groups is 3. The molecule has 7 heteroatoms. The monoisotopic (exact) mass is 440 g/mol. The number of unbranched alkanes of at least 4 members (excludes halogenated alkanes) is 1. The minimum absolute atomic E-state index is 0.0998. The second kappa shape index (κ2) is 7.36. The minimum atomic E-state index is -0.702. The molecular weight excluding hydrogens is 420 g/mol. The normalized spacial score (nSPS) is 26.7. The van der Waals surface area contributed by atoms with E-state index in [1.165, 1.54) is 16.2 Å². The van der Waals surface area contributed by atoms with Gasteiger partial charge in [0.2, 0.25) is 11.8 Å². The highest BCUT2D eigenvalue weighted by Crippen LogP contribution is 2.49. The molecule has 5 rings (SSSR count). The number of ketones is 1. The molecule has 0 bridgehead atoms. The fourth-order valence-corrected chi connectivity index (χ4v) is 5.89. The Bertz CT molecular complexity index is 1060. The van der Waals surface area contributed by atoms with Crippen LogP contribution in [0.1, 0.15) is 35.0 Å². The van der Waals surface area contributed by atoms with Crippen LogP contribution in [0, 0.1) is 11.8 Å². The van der Waals surface area contributed by atoms with Crippen LogP contribution in [0.4, 0.5) is 5.69 Å². The first-order chi connectivity index (χ1) is 14.5. The number of imide groups is 1. The first-order valence-electron chi connectivity index (χ1n) is 10.2. The van der Waals surface area contributed by atoms with E-state index in [1.54, 1.807) is 12.1 Å². The van der Waals surface area contributed by atoms with Crippen LogP contribution in [-0.2, 0) is 9.59 Å². The SMILES string of the molecule is CCCCN1C(=O)[C@H]2[C@H](C1=O)[C@H](C(=O)c1cccs1)N1c3ccc(Cl)cc3C=C[C@H]21. The molecule has 2 aromatic rings. The predicted octanol–water partition coefficient (Wildman–Crippen LogP) is 4.27. The first kappa shape index (κ1) is 19.5. The van der Waals surface area contributed by atoms with Gasteiger partial charge in [-0.05, 0) is 41.6 Å². The van der Waals surface area contributed by atoms with Gasteiger partial charge < -0.3 is 4.90 Å². The van der Waals surface area contributed by atoms with E-state index in [0.717, 1.165) is 24.1 Å². The number of likely N-dealkylation sites (tertiary alicyclic amines) is 1. The van der Waals surface area contributed by atoms with Crippen molar-refractivity contribution in [1.82, 2.24) is 4.90 Å². The summed E-state index contributed by atoms with van der Waals surface area (Å²) in [5.41, 5.74) is 1.74. The molecule has 0 spiro atoms. The van der Waals surface area contributed by atoms with Gasteiger partial charge in [-0.1, -0.05) is 43.2 Å². The van der Waals surface area contributed by atoms with Gasteiger partial charge >= 0.3 is 0 Å². The lowest BCUT2D eigenvalue weighted by molar-refractivity contribution is -0.140. The number of Topliss-reactive ketones (excluding diaryl/α,β-unsaturated/α-hetero) is 1. The third kappa shape index (κ3) is 2.77. The molecule has 0 radical (unpaired) electrons. The zero-order valence-electron chi connectivity index (χ0n) is 16.5. The molecule has 2 saturated heterocycles. The Morgan fingerprint density at radius 3 is 2.70 bits per heavy atom. The Labute approximate surface area is 183 Å². The molecule has 2 amide bonds. The summed E-state index contributed by atoms with van der Waals surface area (Å²) in [4.78, 5) is 44.2. The highest BCUT2D eigenvalue weighted by Gasteiger charge is 2.63.